The molecular formula is C29H29NO7. The van der Waals surface area contributed by atoms with Crippen LogP contribution in [0.4, 0.5) is 0 Å². The van der Waals surface area contributed by atoms with E-state index in [1.807, 2.05) is 13.0 Å². The van der Waals surface area contributed by atoms with E-state index in [0.717, 1.165) is 5.57 Å². The van der Waals surface area contributed by atoms with E-state index in [1.54, 1.807) is 44.4 Å². The number of allylic oxidation sites excluding steroid dienone is 2. The minimum atomic E-state index is -0.614. The van der Waals surface area contributed by atoms with Crippen molar-refractivity contribution in [1.29, 1.82) is 0 Å². The number of methoxy groups -OCH3 is 3. The molecule has 37 heavy (non-hydrogen) atoms. The number of hydrogen-bond donors (Lipinski definition) is 0. The SMILES string of the molecule is CCN1C(=O)[C@H]2CC(C)=CC(c3c(OC)cc(OC)c4c(=O)cc(-c5ccc(OC)cc5)oc34)[C@H]2C1=O. The third-order valence-corrected chi connectivity index (χ3v) is 7.39. The molecule has 0 spiro atoms. The van der Waals surface area contributed by atoms with Gasteiger partial charge in [-0.1, -0.05) is 11.6 Å². The Kier molecular flexibility index (Phi) is 6.27. The highest BCUT2D eigenvalue weighted by Crippen LogP contribution is 2.50. The molecule has 1 aromatic heterocycles. The van der Waals surface area contributed by atoms with Gasteiger partial charge in [0.2, 0.25) is 11.8 Å². The maximum absolute atomic E-state index is 13.5. The van der Waals surface area contributed by atoms with Gasteiger partial charge in [0.1, 0.15) is 34.0 Å². The van der Waals surface area contributed by atoms with Crippen molar-refractivity contribution < 1.29 is 28.2 Å². The Morgan fingerprint density at radius 3 is 2.27 bits per heavy atom. The number of carbonyl (C=O) groups excluding carboxylic acids is 2. The van der Waals surface area contributed by atoms with Gasteiger partial charge in [0.25, 0.3) is 0 Å². The molecule has 1 fully saturated rings. The minimum Gasteiger partial charge on any atom is -0.497 e. The summed E-state index contributed by atoms with van der Waals surface area (Å²) in [5, 5.41) is 0.257. The number of carbonyl (C=O) groups is 2. The molecule has 192 valence electrons. The summed E-state index contributed by atoms with van der Waals surface area (Å²) in [6.07, 6.45) is 2.51. The lowest BCUT2D eigenvalue weighted by atomic mass is 9.71. The van der Waals surface area contributed by atoms with Crippen molar-refractivity contribution >= 4 is 22.8 Å². The molecule has 0 radical (unpaired) electrons. The number of likely N-dealkylation sites (tertiary alicyclic amines) is 1. The van der Waals surface area contributed by atoms with Crippen LogP contribution in [0.3, 0.4) is 0 Å². The van der Waals surface area contributed by atoms with Gasteiger partial charge in [-0.05, 0) is 44.5 Å². The van der Waals surface area contributed by atoms with E-state index in [0.29, 0.717) is 47.1 Å². The molecule has 0 N–H and O–H groups in total. The van der Waals surface area contributed by atoms with Gasteiger partial charge >= 0.3 is 0 Å². The van der Waals surface area contributed by atoms with Crippen LogP contribution in [-0.4, -0.2) is 44.6 Å². The molecule has 3 aromatic rings. The van der Waals surface area contributed by atoms with E-state index in [-0.39, 0.29) is 28.2 Å². The summed E-state index contributed by atoms with van der Waals surface area (Å²) in [6, 6.07) is 10.3. The summed E-state index contributed by atoms with van der Waals surface area (Å²) < 4.78 is 23.0. The normalized spacial score (nSPS) is 21.2. The standard InChI is InChI=1S/C29H29NO7/c1-6-30-28(32)19-12-15(2)11-18(24(19)29(30)33)25-22(35-4)14-23(36-5)26-20(31)13-21(37-27(25)26)16-7-9-17(34-3)10-8-16/h7-11,13-14,18-19,24H,6,12H2,1-5H3/t18?,19-,24+/m0/s1. The third-order valence-electron chi connectivity index (χ3n) is 7.39. The molecule has 2 amide bonds. The fraction of sp³-hybridized carbons (Fsp3) is 0.345. The van der Waals surface area contributed by atoms with Crippen molar-refractivity contribution in [1.82, 2.24) is 4.90 Å². The first kappa shape index (κ1) is 24.6. The molecule has 1 saturated heterocycles. The lowest BCUT2D eigenvalue weighted by Gasteiger charge is -2.30. The van der Waals surface area contributed by atoms with Crippen molar-refractivity contribution in [2.45, 2.75) is 26.2 Å². The number of hydrogen-bond acceptors (Lipinski definition) is 7. The van der Waals surface area contributed by atoms with Crippen LogP contribution < -0.4 is 19.6 Å². The molecule has 0 saturated carbocycles. The van der Waals surface area contributed by atoms with Crippen LogP contribution in [0.1, 0.15) is 31.7 Å². The van der Waals surface area contributed by atoms with E-state index in [2.05, 4.69) is 0 Å². The van der Waals surface area contributed by atoms with Crippen LogP contribution in [0.25, 0.3) is 22.3 Å². The average Bonchev–Trinajstić information content (AvgIpc) is 3.15. The average molecular weight is 504 g/mol. The second kappa shape index (κ2) is 9.42. The summed E-state index contributed by atoms with van der Waals surface area (Å²) in [5.74, 6) is -0.227. The van der Waals surface area contributed by atoms with Crippen LogP contribution in [0, 0.1) is 11.8 Å². The molecule has 2 aromatic carbocycles. The second-order valence-corrected chi connectivity index (χ2v) is 9.40. The summed E-state index contributed by atoms with van der Waals surface area (Å²) in [5.41, 5.74) is 2.22. The first-order valence-corrected chi connectivity index (χ1v) is 12.2. The molecule has 5 rings (SSSR count). The fourth-order valence-corrected chi connectivity index (χ4v) is 5.67. The number of imide groups is 1. The zero-order valence-electron chi connectivity index (χ0n) is 21.5. The van der Waals surface area contributed by atoms with E-state index in [4.69, 9.17) is 18.6 Å². The highest BCUT2D eigenvalue weighted by molar-refractivity contribution is 6.06. The van der Waals surface area contributed by atoms with Crippen LogP contribution in [-0.2, 0) is 9.59 Å². The van der Waals surface area contributed by atoms with E-state index in [1.165, 1.54) is 25.2 Å². The van der Waals surface area contributed by atoms with E-state index < -0.39 is 17.8 Å². The summed E-state index contributed by atoms with van der Waals surface area (Å²) in [7, 11) is 4.58. The Morgan fingerprint density at radius 2 is 1.65 bits per heavy atom. The Hall–Kier alpha value is -4.07. The number of nitrogens with zero attached hydrogens (tertiary/aromatic N) is 1. The Bertz CT molecular complexity index is 1480. The molecule has 1 aliphatic carbocycles. The topological polar surface area (TPSA) is 95.3 Å². The van der Waals surface area contributed by atoms with Gasteiger partial charge in [-0.15, -0.1) is 0 Å². The van der Waals surface area contributed by atoms with Gasteiger partial charge in [0, 0.05) is 35.7 Å². The number of amides is 2. The van der Waals surface area contributed by atoms with Crippen molar-refractivity contribution in [2.75, 3.05) is 27.9 Å². The molecule has 8 nitrogen and oxygen atoms in total. The zero-order chi connectivity index (χ0) is 26.4. The minimum absolute atomic E-state index is 0.160. The Balaban J connectivity index is 1.80. The van der Waals surface area contributed by atoms with Crippen molar-refractivity contribution in [3.63, 3.8) is 0 Å². The first-order chi connectivity index (χ1) is 17.8. The van der Waals surface area contributed by atoms with E-state index >= 15 is 0 Å². The van der Waals surface area contributed by atoms with Crippen molar-refractivity contribution in [3.8, 4) is 28.6 Å². The van der Waals surface area contributed by atoms with Gasteiger partial charge in [-0.25, -0.2) is 0 Å². The predicted octanol–water partition coefficient (Wildman–Crippen LogP) is 4.54. The zero-order valence-corrected chi connectivity index (χ0v) is 21.5. The number of ether oxygens (including phenoxy) is 3. The number of benzene rings is 2. The summed E-state index contributed by atoms with van der Waals surface area (Å²) in [4.78, 5) is 41.4. The molecule has 8 heteroatoms. The molecule has 1 unspecified atom stereocenters. The summed E-state index contributed by atoms with van der Waals surface area (Å²) in [6.45, 7) is 4.06. The molecule has 2 aliphatic rings. The van der Waals surface area contributed by atoms with Crippen LogP contribution in [0.15, 0.2) is 57.3 Å². The smallest absolute Gasteiger partial charge is 0.234 e. The summed E-state index contributed by atoms with van der Waals surface area (Å²) >= 11 is 0. The van der Waals surface area contributed by atoms with Crippen molar-refractivity contribution in [2.24, 2.45) is 11.8 Å². The van der Waals surface area contributed by atoms with Crippen molar-refractivity contribution in [3.05, 3.63) is 63.8 Å². The predicted molar refractivity (Wildman–Crippen MR) is 138 cm³/mol. The largest absolute Gasteiger partial charge is 0.497 e. The molecule has 2 heterocycles. The van der Waals surface area contributed by atoms with Gasteiger partial charge < -0.3 is 18.6 Å². The molecular weight excluding hydrogens is 474 g/mol. The lowest BCUT2D eigenvalue weighted by Crippen LogP contribution is -2.31. The van der Waals surface area contributed by atoms with Crippen LogP contribution in [0.5, 0.6) is 17.2 Å². The van der Waals surface area contributed by atoms with Gasteiger partial charge in [0.15, 0.2) is 5.43 Å². The third kappa shape index (κ3) is 3.87. The van der Waals surface area contributed by atoms with Gasteiger partial charge in [-0.3, -0.25) is 19.3 Å². The number of fused-ring (bicyclic) bond motifs is 2. The second-order valence-electron chi connectivity index (χ2n) is 9.40. The van der Waals surface area contributed by atoms with Crippen LogP contribution in [0.2, 0.25) is 0 Å². The molecule has 0 bridgehead atoms. The van der Waals surface area contributed by atoms with E-state index in [9.17, 15) is 14.4 Å². The Labute approximate surface area is 214 Å². The number of rotatable bonds is 6. The van der Waals surface area contributed by atoms with Gasteiger partial charge in [-0.2, -0.15) is 0 Å². The highest BCUT2D eigenvalue weighted by atomic mass is 16.5. The molecule has 1 aliphatic heterocycles. The Morgan fingerprint density at radius 1 is 0.946 bits per heavy atom. The maximum atomic E-state index is 13.5. The molecule has 3 atom stereocenters. The quantitative estimate of drug-likeness (QED) is 0.360. The van der Waals surface area contributed by atoms with Crippen LogP contribution >= 0.6 is 0 Å². The lowest BCUT2D eigenvalue weighted by molar-refractivity contribution is -0.139. The fourth-order valence-electron chi connectivity index (χ4n) is 5.67. The highest BCUT2D eigenvalue weighted by Gasteiger charge is 2.52. The van der Waals surface area contributed by atoms with Gasteiger partial charge in [0.05, 0.1) is 33.2 Å². The maximum Gasteiger partial charge on any atom is 0.234 e. The monoisotopic (exact) mass is 503 g/mol. The first-order valence-electron chi connectivity index (χ1n) is 12.2.